The van der Waals surface area contributed by atoms with Crippen molar-refractivity contribution in [3.8, 4) is 5.75 Å². The van der Waals surface area contributed by atoms with Gasteiger partial charge in [-0.3, -0.25) is 9.69 Å². The van der Waals surface area contributed by atoms with Crippen molar-refractivity contribution < 1.29 is 14.3 Å². The molecule has 1 amide bonds. The molecule has 0 radical (unpaired) electrons. The Morgan fingerprint density at radius 3 is 2.48 bits per heavy atom. The molecule has 1 unspecified atom stereocenters. The molecule has 0 aromatic heterocycles. The van der Waals surface area contributed by atoms with Crippen LogP contribution in [-0.2, 0) is 9.53 Å². The van der Waals surface area contributed by atoms with Gasteiger partial charge in [0.25, 0.3) is 0 Å². The highest BCUT2D eigenvalue weighted by molar-refractivity contribution is 14.0. The first-order valence-corrected chi connectivity index (χ1v) is 10.8. The Hall–Kier alpha value is -1.30. The lowest BCUT2D eigenvalue weighted by atomic mass is 10.3. The van der Waals surface area contributed by atoms with Crippen LogP contribution in [0, 0.1) is 0 Å². The Morgan fingerprint density at radius 1 is 1.19 bits per heavy atom. The quantitative estimate of drug-likeness (QED) is 0.195. The number of amides is 1. The topological polar surface area (TPSA) is 78.4 Å². The van der Waals surface area contributed by atoms with Crippen molar-refractivity contribution in [1.82, 2.24) is 20.4 Å². The van der Waals surface area contributed by atoms with Gasteiger partial charge in [-0.15, -0.1) is 24.0 Å². The van der Waals surface area contributed by atoms with Gasteiger partial charge in [0.2, 0.25) is 5.91 Å². The number of carbonyl (C=O) groups excluding carboxylic acids is 1. The number of halogens is 2. The van der Waals surface area contributed by atoms with E-state index < -0.39 is 0 Å². The van der Waals surface area contributed by atoms with E-state index in [2.05, 4.69) is 27.4 Å². The largest absolute Gasteiger partial charge is 0.489 e. The summed E-state index contributed by atoms with van der Waals surface area (Å²) in [4.78, 5) is 21.1. The molecule has 2 N–H and O–H groups in total. The number of carbonyl (C=O) groups is 1. The zero-order valence-electron chi connectivity index (χ0n) is 18.6. The van der Waals surface area contributed by atoms with E-state index in [-0.39, 0.29) is 36.0 Å². The Labute approximate surface area is 207 Å². The maximum atomic E-state index is 12.0. The predicted octanol–water partition coefficient (Wildman–Crippen LogP) is 2.07. The highest BCUT2D eigenvalue weighted by atomic mass is 127. The van der Waals surface area contributed by atoms with E-state index in [1.165, 1.54) is 0 Å². The number of ether oxygens (including phenoxy) is 2. The van der Waals surface area contributed by atoms with Crippen LogP contribution in [0.5, 0.6) is 5.75 Å². The van der Waals surface area contributed by atoms with E-state index in [4.69, 9.17) is 26.1 Å². The van der Waals surface area contributed by atoms with Crippen LogP contribution in [0.3, 0.4) is 0 Å². The van der Waals surface area contributed by atoms with Crippen molar-refractivity contribution in [2.24, 2.45) is 4.99 Å². The first-order chi connectivity index (χ1) is 14.5. The first-order valence-electron chi connectivity index (χ1n) is 10.4. The van der Waals surface area contributed by atoms with Crippen LogP contribution in [0.4, 0.5) is 0 Å². The molecule has 10 heteroatoms. The molecule has 176 valence electrons. The molecule has 1 aromatic carbocycles. The van der Waals surface area contributed by atoms with Crippen molar-refractivity contribution in [3.63, 3.8) is 0 Å². The van der Waals surface area contributed by atoms with E-state index in [0.717, 1.165) is 44.4 Å². The lowest BCUT2D eigenvalue weighted by molar-refractivity contribution is -0.122. The first kappa shape index (κ1) is 27.7. The normalized spacial score (nSPS) is 15.7. The van der Waals surface area contributed by atoms with Crippen LogP contribution in [0.25, 0.3) is 0 Å². The van der Waals surface area contributed by atoms with Crippen LogP contribution in [0.2, 0.25) is 5.02 Å². The third kappa shape index (κ3) is 10.7. The maximum Gasteiger partial charge on any atom is 0.234 e. The number of benzene rings is 1. The minimum absolute atomic E-state index is 0. The summed E-state index contributed by atoms with van der Waals surface area (Å²) in [5.41, 5.74) is 0. The molecule has 1 atom stereocenters. The summed E-state index contributed by atoms with van der Waals surface area (Å²) >= 11 is 5.92. The molecule has 0 bridgehead atoms. The number of methoxy groups -OCH3 is 1. The van der Waals surface area contributed by atoms with E-state index in [1.54, 1.807) is 7.11 Å². The molecule has 2 rings (SSSR count). The smallest absolute Gasteiger partial charge is 0.234 e. The molecule has 0 spiro atoms. The highest BCUT2D eigenvalue weighted by Crippen LogP contribution is 2.16. The summed E-state index contributed by atoms with van der Waals surface area (Å²) in [7, 11) is 1.62. The molecular formula is C21H35ClIN5O3. The van der Waals surface area contributed by atoms with Crippen LogP contribution in [0.15, 0.2) is 29.3 Å². The van der Waals surface area contributed by atoms with Gasteiger partial charge in [0.05, 0.1) is 19.7 Å². The molecule has 1 aliphatic heterocycles. The number of guanidine groups is 1. The van der Waals surface area contributed by atoms with Gasteiger partial charge in [0, 0.05) is 51.4 Å². The second-order valence-corrected chi connectivity index (χ2v) is 7.62. The summed E-state index contributed by atoms with van der Waals surface area (Å²) in [5.74, 6) is 1.70. The fourth-order valence-electron chi connectivity index (χ4n) is 3.09. The average Bonchev–Trinajstić information content (AvgIpc) is 2.73. The molecule has 0 aliphatic carbocycles. The molecule has 1 heterocycles. The van der Waals surface area contributed by atoms with Crippen molar-refractivity contribution in [2.75, 3.05) is 66.1 Å². The minimum Gasteiger partial charge on any atom is -0.489 e. The Kier molecular flexibility index (Phi) is 13.9. The summed E-state index contributed by atoms with van der Waals surface area (Å²) in [6, 6.07) is 7.35. The molecule has 0 saturated carbocycles. The monoisotopic (exact) mass is 567 g/mol. The molecule has 1 aromatic rings. The molecule has 1 aliphatic rings. The van der Waals surface area contributed by atoms with Gasteiger partial charge in [0.1, 0.15) is 11.9 Å². The molecular weight excluding hydrogens is 533 g/mol. The molecule has 8 nitrogen and oxygen atoms in total. The number of hydrogen-bond donors (Lipinski definition) is 2. The van der Waals surface area contributed by atoms with Crippen molar-refractivity contribution in [3.05, 3.63) is 29.3 Å². The van der Waals surface area contributed by atoms with Crippen molar-refractivity contribution >= 4 is 47.4 Å². The summed E-state index contributed by atoms with van der Waals surface area (Å²) in [5, 5.41) is 6.91. The number of piperazine rings is 1. The third-order valence-electron chi connectivity index (χ3n) is 4.65. The lowest BCUT2D eigenvalue weighted by Crippen LogP contribution is -2.54. The van der Waals surface area contributed by atoms with Gasteiger partial charge in [0.15, 0.2) is 5.96 Å². The zero-order valence-corrected chi connectivity index (χ0v) is 21.7. The Morgan fingerprint density at radius 2 is 1.87 bits per heavy atom. The SMILES string of the molecule is CCNC(=NCC(C)Oc1ccc(Cl)cc1)N1CCN(CC(=O)NCCOC)CC1.I. The van der Waals surface area contributed by atoms with E-state index in [0.29, 0.717) is 31.3 Å². The van der Waals surface area contributed by atoms with Crippen molar-refractivity contribution in [1.29, 1.82) is 0 Å². The fraction of sp³-hybridized carbons (Fsp3) is 0.619. The second-order valence-electron chi connectivity index (χ2n) is 7.18. The number of aliphatic imine (C=N–C) groups is 1. The highest BCUT2D eigenvalue weighted by Gasteiger charge is 2.21. The number of nitrogens with zero attached hydrogens (tertiary/aromatic N) is 3. The number of nitrogens with one attached hydrogen (secondary N) is 2. The van der Waals surface area contributed by atoms with E-state index >= 15 is 0 Å². The van der Waals surface area contributed by atoms with Gasteiger partial charge in [-0.2, -0.15) is 0 Å². The van der Waals surface area contributed by atoms with E-state index in [1.807, 2.05) is 31.2 Å². The summed E-state index contributed by atoms with van der Waals surface area (Å²) in [6.07, 6.45) is -0.0584. The molecule has 1 saturated heterocycles. The Balaban J connectivity index is 0.00000480. The van der Waals surface area contributed by atoms with Gasteiger partial charge < -0.3 is 25.0 Å². The summed E-state index contributed by atoms with van der Waals surface area (Å²) < 4.78 is 10.9. The second kappa shape index (κ2) is 15.5. The van der Waals surface area contributed by atoms with Crippen LogP contribution in [-0.4, -0.2) is 93.8 Å². The van der Waals surface area contributed by atoms with Crippen molar-refractivity contribution in [2.45, 2.75) is 20.0 Å². The van der Waals surface area contributed by atoms with E-state index in [9.17, 15) is 4.79 Å². The van der Waals surface area contributed by atoms with Crippen LogP contribution in [0.1, 0.15) is 13.8 Å². The third-order valence-corrected chi connectivity index (χ3v) is 4.90. The Bertz CT molecular complexity index is 669. The van der Waals surface area contributed by atoms with Crippen LogP contribution < -0.4 is 15.4 Å². The molecule has 31 heavy (non-hydrogen) atoms. The minimum atomic E-state index is -0.0584. The number of hydrogen-bond acceptors (Lipinski definition) is 5. The fourth-order valence-corrected chi connectivity index (χ4v) is 3.22. The lowest BCUT2D eigenvalue weighted by Gasteiger charge is -2.36. The van der Waals surface area contributed by atoms with Crippen LogP contribution >= 0.6 is 35.6 Å². The summed E-state index contributed by atoms with van der Waals surface area (Å²) in [6.45, 7) is 10.2. The number of rotatable bonds is 10. The standard InChI is InChI=1S/C21H34ClN5O3.HI/c1-4-23-21(25-15-17(2)30-19-7-5-18(22)6-8-19)27-12-10-26(11-13-27)16-20(28)24-9-14-29-3;/h5-8,17H,4,9-16H2,1-3H3,(H,23,25)(H,24,28);1H. The maximum absolute atomic E-state index is 12.0. The van der Waals surface area contributed by atoms with Gasteiger partial charge in [-0.25, -0.2) is 4.99 Å². The van der Waals surface area contributed by atoms with Gasteiger partial charge >= 0.3 is 0 Å². The van der Waals surface area contributed by atoms with Gasteiger partial charge in [-0.1, -0.05) is 11.6 Å². The predicted molar refractivity (Wildman–Crippen MR) is 136 cm³/mol. The van der Waals surface area contributed by atoms with Gasteiger partial charge in [-0.05, 0) is 38.1 Å². The molecule has 1 fully saturated rings. The average molecular weight is 568 g/mol. The zero-order chi connectivity index (χ0) is 21.8.